The summed E-state index contributed by atoms with van der Waals surface area (Å²) < 4.78 is 3.70. The van der Waals surface area contributed by atoms with E-state index in [0.717, 1.165) is 11.5 Å². The van der Waals surface area contributed by atoms with E-state index in [0.29, 0.717) is 10.6 Å². The molecule has 16 heavy (non-hydrogen) atoms. The minimum atomic E-state index is -1.07. The Morgan fingerprint density at radius 2 is 2.00 bits per heavy atom. The highest BCUT2D eigenvalue weighted by atomic mass is 32.1. The van der Waals surface area contributed by atoms with Crippen molar-refractivity contribution in [1.82, 2.24) is 14.9 Å². The molecule has 6 nitrogen and oxygen atoms in total. The van der Waals surface area contributed by atoms with Crippen molar-refractivity contribution in [2.45, 2.75) is 32.7 Å². The van der Waals surface area contributed by atoms with E-state index in [2.05, 4.69) is 14.9 Å². The summed E-state index contributed by atoms with van der Waals surface area (Å²) in [6.07, 6.45) is 0. The number of rotatable bonds is 4. The second kappa shape index (κ2) is 5.02. The van der Waals surface area contributed by atoms with E-state index in [4.69, 9.17) is 5.11 Å². The molecule has 1 aromatic heterocycles. The van der Waals surface area contributed by atoms with E-state index in [-0.39, 0.29) is 5.92 Å². The van der Waals surface area contributed by atoms with Crippen molar-refractivity contribution in [3.05, 3.63) is 10.6 Å². The molecule has 0 unspecified atom stereocenters. The Bertz CT molecular complexity index is 402. The Labute approximate surface area is 96.8 Å². The Morgan fingerprint density at radius 3 is 2.50 bits per heavy atom. The molecule has 0 aromatic carbocycles. The van der Waals surface area contributed by atoms with Gasteiger partial charge in [-0.25, -0.2) is 0 Å². The molecular weight excluding hydrogens is 230 g/mol. The smallest absolute Gasteiger partial charge is 0.325 e. The van der Waals surface area contributed by atoms with Gasteiger partial charge in [-0.3, -0.25) is 9.59 Å². The minimum absolute atomic E-state index is 0.0830. The molecule has 1 aromatic rings. The summed E-state index contributed by atoms with van der Waals surface area (Å²) in [5, 5.41) is 14.9. The molecule has 0 aliphatic rings. The summed E-state index contributed by atoms with van der Waals surface area (Å²) >= 11 is 0.974. The second-order valence-corrected chi connectivity index (χ2v) is 4.43. The van der Waals surface area contributed by atoms with Gasteiger partial charge < -0.3 is 10.4 Å². The number of hydrogen-bond donors (Lipinski definition) is 2. The molecule has 0 aliphatic carbocycles. The zero-order valence-corrected chi connectivity index (χ0v) is 10.0. The molecule has 0 saturated carbocycles. The van der Waals surface area contributed by atoms with Gasteiger partial charge in [0.15, 0.2) is 0 Å². The molecule has 0 bridgehead atoms. The van der Waals surface area contributed by atoms with Gasteiger partial charge in [-0.1, -0.05) is 18.3 Å². The fourth-order valence-corrected chi connectivity index (χ4v) is 1.78. The normalized spacial score (nSPS) is 12.5. The Kier molecular flexibility index (Phi) is 3.94. The average molecular weight is 243 g/mol. The van der Waals surface area contributed by atoms with E-state index in [9.17, 15) is 9.59 Å². The van der Waals surface area contributed by atoms with Crippen LogP contribution in [0.3, 0.4) is 0 Å². The van der Waals surface area contributed by atoms with Crippen LogP contribution >= 0.6 is 11.5 Å². The molecule has 0 aliphatic heterocycles. The van der Waals surface area contributed by atoms with Gasteiger partial charge in [0, 0.05) is 0 Å². The summed E-state index contributed by atoms with van der Waals surface area (Å²) in [6, 6.07) is -0.922. The maximum Gasteiger partial charge on any atom is 0.325 e. The number of carbonyl (C=O) groups excluding carboxylic acids is 1. The largest absolute Gasteiger partial charge is 0.480 e. The third-order valence-corrected chi connectivity index (χ3v) is 2.72. The van der Waals surface area contributed by atoms with E-state index in [1.165, 1.54) is 6.92 Å². The first kappa shape index (κ1) is 12.6. The first-order valence-corrected chi connectivity index (χ1v) is 5.56. The number of amides is 1. The molecule has 1 atom stereocenters. The third-order valence-electron chi connectivity index (χ3n) is 1.98. The molecule has 0 radical (unpaired) electrons. The lowest BCUT2D eigenvalue weighted by Gasteiger charge is -2.09. The van der Waals surface area contributed by atoms with E-state index in [1.54, 1.807) is 0 Å². The predicted molar refractivity (Wildman–Crippen MR) is 58.6 cm³/mol. The number of aliphatic carboxylic acids is 1. The lowest BCUT2D eigenvalue weighted by molar-refractivity contribution is -0.138. The molecule has 0 saturated heterocycles. The number of aromatic nitrogens is 2. The van der Waals surface area contributed by atoms with Crippen LogP contribution in [0.25, 0.3) is 0 Å². The van der Waals surface area contributed by atoms with Crippen LogP contribution in [0.4, 0.5) is 0 Å². The quantitative estimate of drug-likeness (QED) is 0.818. The van der Waals surface area contributed by atoms with Gasteiger partial charge in [0.25, 0.3) is 5.91 Å². The van der Waals surface area contributed by atoms with Crippen LogP contribution in [0.15, 0.2) is 0 Å². The van der Waals surface area contributed by atoms with Crippen LogP contribution < -0.4 is 5.32 Å². The molecule has 88 valence electrons. The van der Waals surface area contributed by atoms with Crippen molar-refractivity contribution in [3.63, 3.8) is 0 Å². The summed E-state index contributed by atoms with van der Waals surface area (Å²) in [7, 11) is 0. The Hall–Kier alpha value is -1.50. The minimum Gasteiger partial charge on any atom is -0.480 e. The van der Waals surface area contributed by atoms with Crippen molar-refractivity contribution < 1.29 is 14.7 Å². The highest BCUT2D eigenvalue weighted by Gasteiger charge is 2.21. The standard InChI is InChI=1S/C9H13N3O3S/c1-4(2)6-7(16-12-11-6)8(13)10-5(3)9(14)15/h4-5H,1-3H3,(H,10,13)(H,14,15)/t5-/m1/s1. The molecule has 7 heteroatoms. The van der Waals surface area contributed by atoms with Gasteiger partial charge in [0.2, 0.25) is 0 Å². The van der Waals surface area contributed by atoms with Crippen molar-refractivity contribution >= 4 is 23.4 Å². The molecule has 1 heterocycles. The second-order valence-electron chi connectivity index (χ2n) is 3.68. The summed E-state index contributed by atoms with van der Waals surface area (Å²) in [5.74, 6) is -1.43. The number of hydrogen-bond acceptors (Lipinski definition) is 5. The van der Waals surface area contributed by atoms with Gasteiger partial charge in [0.05, 0.1) is 5.69 Å². The monoisotopic (exact) mass is 243 g/mol. The number of nitrogens with zero attached hydrogens (tertiary/aromatic N) is 2. The van der Waals surface area contributed by atoms with Crippen molar-refractivity contribution in [2.75, 3.05) is 0 Å². The summed E-state index contributed by atoms with van der Waals surface area (Å²) in [4.78, 5) is 22.7. The Morgan fingerprint density at radius 1 is 1.38 bits per heavy atom. The molecular formula is C9H13N3O3S. The van der Waals surface area contributed by atoms with Crippen molar-refractivity contribution in [2.24, 2.45) is 0 Å². The van der Waals surface area contributed by atoms with Crippen LogP contribution in [0.2, 0.25) is 0 Å². The first-order valence-electron chi connectivity index (χ1n) is 4.79. The third kappa shape index (κ3) is 2.75. The van der Waals surface area contributed by atoms with Gasteiger partial charge in [-0.05, 0) is 24.4 Å². The fourth-order valence-electron chi connectivity index (χ4n) is 1.06. The van der Waals surface area contributed by atoms with Gasteiger partial charge in [0.1, 0.15) is 10.9 Å². The highest BCUT2D eigenvalue weighted by molar-refractivity contribution is 7.08. The number of nitrogens with one attached hydrogen (secondary N) is 1. The van der Waals surface area contributed by atoms with Crippen molar-refractivity contribution in [1.29, 1.82) is 0 Å². The molecule has 0 spiro atoms. The van der Waals surface area contributed by atoms with Gasteiger partial charge in [-0.2, -0.15) is 0 Å². The van der Waals surface area contributed by atoms with E-state index in [1.807, 2.05) is 13.8 Å². The van der Waals surface area contributed by atoms with Gasteiger partial charge in [-0.15, -0.1) is 5.10 Å². The lowest BCUT2D eigenvalue weighted by Crippen LogP contribution is -2.38. The predicted octanol–water partition coefficient (Wildman–Crippen LogP) is 0.864. The van der Waals surface area contributed by atoms with Crippen LogP contribution in [-0.2, 0) is 4.79 Å². The highest BCUT2D eigenvalue weighted by Crippen LogP contribution is 2.19. The fraction of sp³-hybridized carbons (Fsp3) is 0.556. The molecule has 0 fully saturated rings. The van der Waals surface area contributed by atoms with Crippen LogP contribution in [0.5, 0.6) is 0 Å². The SMILES string of the molecule is CC(C)c1nnsc1C(=O)N[C@H](C)C(=O)O. The molecule has 1 amide bonds. The van der Waals surface area contributed by atoms with Crippen LogP contribution in [-0.4, -0.2) is 32.6 Å². The maximum atomic E-state index is 11.7. The molecule has 2 N–H and O–H groups in total. The first-order chi connectivity index (χ1) is 7.43. The van der Waals surface area contributed by atoms with E-state index >= 15 is 0 Å². The lowest BCUT2D eigenvalue weighted by atomic mass is 10.1. The van der Waals surface area contributed by atoms with Gasteiger partial charge >= 0.3 is 5.97 Å². The summed E-state index contributed by atoms with van der Waals surface area (Å²) in [5.41, 5.74) is 0.597. The zero-order valence-electron chi connectivity index (χ0n) is 9.22. The number of carbonyl (C=O) groups is 2. The van der Waals surface area contributed by atoms with Crippen LogP contribution in [0.1, 0.15) is 42.1 Å². The topological polar surface area (TPSA) is 92.2 Å². The molecule has 1 rings (SSSR count). The van der Waals surface area contributed by atoms with Crippen molar-refractivity contribution in [3.8, 4) is 0 Å². The van der Waals surface area contributed by atoms with E-state index < -0.39 is 17.9 Å². The number of carboxylic acid groups (broad SMARTS) is 1. The average Bonchev–Trinajstić information content (AvgIpc) is 2.65. The van der Waals surface area contributed by atoms with Crippen LogP contribution in [0, 0.1) is 0 Å². The maximum absolute atomic E-state index is 11.7. The summed E-state index contributed by atoms with van der Waals surface area (Å²) in [6.45, 7) is 5.20. The number of carboxylic acids is 1. The zero-order chi connectivity index (χ0) is 12.3. The Balaban J connectivity index is 2.81.